The highest BCUT2D eigenvalue weighted by Crippen LogP contribution is 1.95. The molecule has 0 aliphatic heterocycles. The molecule has 0 aromatic carbocycles. The molecule has 0 aromatic rings. The van der Waals surface area contributed by atoms with Gasteiger partial charge in [0.05, 0.1) is 0 Å². The van der Waals surface area contributed by atoms with E-state index in [1.807, 2.05) is 0 Å². The van der Waals surface area contributed by atoms with Gasteiger partial charge in [0.1, 0.15) is 12.6 Å². The minimum Gasteiger partial charge on any atom is -0.480 e. The van der Waals surface area contributed by atoms with Crippen LogP contribution in [0.4, 0.5) is 4.79 Å². The van der Waals surface area contributed by atoms with Gasteiger partial charge < -0.3 is 20.5 Å². The number of rotatable bonds is 6. The van der Waals surface area contributed by atoms with Crippen LogP contribution >= 0.6 is 0 Å². The molecule has 6 nitrogen and oxygen atoms in total. The number of aliphatic carboxylic acids is 1. The Morgan fingerprint density at radius 3 is 2.73 bits per heavy atom. The Kier molecular flexibility index (Phi) is 6.12. The molecule has 0 heterocycles. The minimum atomic E-state index is -1.08. The predicted molar refractivity (Wildman–Crippen MR) is 54.4 cm³/mol. The van der Waals surface area contributed by atoms with E-state index >= 15 is 0 Å². The highest BCUT2D eigenvalue weighted by Gasteiger charge is 2.15. The van der Waals surface area contributed by atoms with Crippen LogP contribution in [-0.2, 0) is 9.53 Å². The molecular weight excluding hydrogens is 200 g/mol. The Hall–Kier alpha value is -1.56. The zero-order valence-electron chi connectivity index (χ0n) is 8.68. The zero-order valence-corrected chi connectivity index (χ0v) is 8.68. The van der Waals surface area contributed by atoms with Crippen LogP contribution in [0.1, 0.15) is 6.42 Å². The summed E-state index contributed by atoms with van der Waals surface area (Å²) in [5, 5.41) is 8.50. The first-order valence-corrected chi connectivity index (χ1v) is 4.46. The number of carboxylic acid groups (broad SMARTS) is 1. The Balaban J connectivity index is 3.82. The molecule has 0 spiro atoms. The Bertz CT molecular complexity index is 242. The fraction of sp³-hybridized carbons (Fsp3) is 0.556. The van der Waals surface area contributed by atoms with Crippen molar-refractivity contribution in [3.05, 3.63) is 12.7 Å². The molecular formula is C9H16N2O4. The summed E-state index contributed by atoms with van der Waals surface area (Å²) < 4.78 is 4.73. The topological polar surface area (TPSA) is 92.9 Å². The van der Waals surface area contributed by atoms with E-state index in [4.69, 9.17) is 15.6 Å². The normalized spacial score (nSPS) is 11.6. The van der Waals surface area contributed by atoms with E-state index in [9.17, 15) is 9.59 Å². The van der Waals surface area contributed by atoms with Crippen molar-refractivity contribution < 1.29 is 19.4 Å². The van der Waals surface area contributed by atoms with Crippen LogP contribution in [0.2, 0.25) is 0 Å². The SMILES string of the molecule is C=CCOC(=O)N(C)CC[C@H](N)C(=O)O. The van der Waals surface area contributed by atoms with Gasteiger partial charge in [0.2, 0.25) is 0 Å². The summed E-state index contributed by atoms with van der Waals surface area (Å²) in [5.74, 6) is -1.08. The van der Waals surface area contributed by atoms with Crippen LogP contribution in [-0.4, -0.2) is 48.3 Å². The summed E-state index contributed by atoms with van der Waals surface area (Å²) in [6.45, 7) is 3.77. The summed E-state index contributed by atoms with van der Waals surface area (Å²) in [4.78, 5) is 22.8. The zero-order chi connectivity index (χ0) is 11.8. The second-order valence-electron chi connectivity index (χ2n) is 3.02. The maximum atomic E-state index is 11.2. The molecule has 0 radical (unpaired) electrons. The number of carbonyl (C=O) groups excluding carboxylic acids is 1. The van der Waals surface area contributed by atoms with Crippen molar-refractivity contribution >= 4 is 12.1 Å². The van der Waals surface area contributed by atoms with Crippen molar-refractivity contribution in [2.45, 2.75) is 12.5 Å². The van der Waals surface area contributed by atoms with Gasteiger partial charge in [-0.05, 0) is 6.42 Å². The van der Waals surface area contributed by atoms with Crippen LogP contribution in [0, 0.1) is 0 Å². The second kappa shape index (κ2) is 6.83. The number of hydrogen-bond donors (Lipinski definition) is 2. The summed E-state index contributed by atoms with van der Waals surface area (Å²) in [6, 6.07) is -0.959. The van der Waals surface area contributed by atoms with Gasteiger partial charge in [0, 0.05) is 13.6 Å². The van der Waals surface area contributed by atoms with Crippen LogP contribution in [0.15, 0.2) is 12.7 Å². The monoisotopic (exact) mass is 216 g/mol. The first kappa shape index (κ1) is 13.4. The number of nitrogens with two attached hydrogens (primary N) is 1. The van der Waals surface area contributed by atoms with Crippen LogP contribution < -0.4 is 5.73 Å². The quantitative estimate of drug-likeness (QED) is 0.611. The van der Waals surface area contributed by atoms with Crippen molar-refractivity contribution in [3.8, 4) is 0 Å². The lowest BCUT2D eigenvalue weighted by Crippen LogP contribution is -2.36. The van der Waals surface area contributed by atoms with E-state index in [0.29, 0.717) is 0 Å². The molecule has 0 unspecified atom stereocenters. The number of ether oxygens (including phenoxy) is 1. The number of hydrogen-bond acceptors (Lipinski definition) is 4. The van der Waals surface area contributed by atoms with Crippen LogP contribution in [0.5, 0.6) is 0 Å². The third kappa shape index (κ3) is 5.69. The Labute approximate surface area is 88.3 Å². The van der Waals surface area contributed by atoms with Crippen molar-refractivity contribution in [3.63, 3.8) is 0 Å². The first-order valence-electron chi connectivity index (χ1n) is 4.46. The fourth-order valence-electron chi connectivity index (χ4n) is 0.788. The molecule has 1 amide bonds. The molecule has 0 aliphatic carbocycles. The fourth-order valence-corrected chi connectivity index (χ4v) is 0.788. The van der Waals surface area contributed by atoms with E-state index in [2.05, 4.69) is 6.58 Å². The average molecular weight is 216 g/mol. The maximum Gasteiger partial charge on any atom is 0.409 e. The average Bonchev–Trinajstić information content (AvgIpc) is 2.21. The van der Waals surface area contributed by atoms with Crippen LogP contribution in [0.25, 0.3) is 0 Å². The summed E-state index contributed by atoms with van der Waals surface area (Å²) in [6.07, 6.45) is 1.12. The molecule has 3 N–H and O–H groups in total. The van der Waals surface area contributed by atoms with Gasteiger partial charge in [-0.1, -0.05) is 12.7 Å². The van der Waals surface area contributed by atoms with Gasteiger partial charge in [-0.2, -0.15) is 0 Å². The number of carbonyl (C=O) groups is 2. The summed E-state index contributed by atoms with van der Waals surface area (Å²) in [5.41, 5.74) is 5.27. The Morgan fingerprint density at radius 1 is 1.67 bits per heavy atom. The van der Waals surface area contributed by atoms with Crippen LogP contribution in [0.3, 0.4) is 0 Å². The highest BCUT2D eigenvalue weighted by molar-refractivity contribution is 5.73. The molecule has 6 heteroatoms. The third-order valence-corrected chi connectivity index (χ3v) is 1.73. The largest absolute Gasteiger partial charge is 0.480 e. The molecule has 0 fully saturated rings. The second-order valence-corrected chi connectivity index (χ2v) is 3.02. The molecule has 1 atom stereocenters. The lowest BCUT2D eigenvalue weighted by molar-refractivity contribution is -0.138. The molecule has 0 saturated carbocycles. The molecule has 0 bridgehead atoms. The van der Waals surface area contributed by atoms with E-state index in [-0.39, 0.29) is 19.6 Å². The van der Waals surface area contributed by atoms with E-state index < -0.39 is 18.1 Å². The molecule has 15 heavy (non-hydrogen) atoms. The van der Waals surface area contributed by atoms with Crippen molar-refractivity contribution in [1.29, 1.82) is 0 Å². The van der Waals surface area contributed by atoms with Crippen molar-refractivity contribution in [1.82, 2.24) is 4.90 Å². The van der Waals surface area contributed by atoms with E-state index in [1.165, 1.54) is 18.0 Å². The van der Waals surface area contributed by atoms with Gasteiger partial charge in [-0.3, -0.25) is 4.79 Å². The smallest absolute Gasteiger partial charge is 0.409 e. The van der Waals surface area contributed by atoms with Gasteiger partial charge in [0.15, 0.2) is 0 Å². The summed E-state index contributed by atoms with van der Waals surface area (Å²) >= 11 is 0. The van der Waals surface area contributed by atoms with Gasteiger partial charge in [-0.15, -0.1) is 0 Å². The highest BCUT2D eigenvalue weighted by atomic mass is 16.6. The maximum absolute atomic E-state index is 11.2. The lowest BCUT2D eigenvalue weighted by Gasteiger charge is -2.17. The van der Waals surface area contributed by atoms with E-state index in [0.717, 1.165) is 0 Å². The number of nitrogens with zero attached hydrogens (tertiary/aromatic N) is 1. The number of carboxylic acids is 1. The minimum absolute atomic E-state index is 0.133. The van der Waals surface area contributed by atoms with Crippen molar-refractivity contribution in [2.24, 2.45) is 5.73 Å². The van der Waals surface area contributed by atoms with Crippen molar-refractivity contribution in [2.75, 3.05) is 20.2 Å². The van der Waals surface area contributed by atoms with Gasteiger partial charge in [-0.25, -0.2) is 4.79 Å². The number of amides is 1. The first-order chi connectivity index (χ1) is 6.99. The predicted octanol–water partition coefficient (Wildman–Crippen LogP) is 0.0428. The molecule has 86 valence electrons. The molecule has 0 aliphatic rings. The third-order valence-electron chi connectivity index (χ3n) is 1.73. The standard InChI is InChI=1S/C9H16N2O4/c1-3-6-15-9(14)11(2)5-4-7(10)8(12)13/h3,7H,1,4-6,10H2,2H3,(H,12,13)/t7-/m0/s1. The Morgan fingerprint density at radius 2 is 2.27 bits per heavy atom. The summed E-state index contributed by atoms with van der Waals surface area (Å²) in [7, 11) is 1.51. The molecule has 0 rings (SSSR count). The molecule has 0 saturated heterocycles. The molecule has 0 aromatic heterocycles. The lowest BCUT2D eigenvalue weighted by atomic mass is 10.2. The van der Waals surface area contributed by atoms with Gasteiger partial charge in [0.25, 0.3) is 0 Å². The van der Waals surface area contributed by atoms with E-state index in [1.54, 1.807) is 0 Å². The van der Waals surface area contributed by atoms with Gasteiger partial charge >= 0.3 is 12.1 Å².